The van der Waals surface area contributed by atoms with Crippen molar-refractivity contribution >= 4 is 22.7 Å². The van der Waals surface area contributed by atoms with Gasteiger partial charge in [-0.25, -0.2) is 4.79 Å². The van der Waals surface area contributed by atoms with E-state index in [1.165, 1.54) is 31.1 Å². The number of ether oxygens (including phenoxy) is 1. The second kappa shape index (κ2) is 9.09. The standard InChI is InChI=1S/C27H31NO3/c1-4-5-6-11-19-15-23-26(24(29)16-19)25-21(27(30)31-3)13-9-14-22(25)28(23)17-20-12-8-7-10-18(20)2/h7-10,12-14,19H,4-6,11,15-17H2,1-3H3. The largest absolute Gasteiger partial charge is 0.465 e. The van der Waals surface area contributed by atoms with Crippen molar-refractivity contribution in [3.05, 3.63) is 70.4 Å². The Hall–Kier alpha value is -2.88. The average molecular weight is 418 g/mol. The van der Waals surface area contributed by atoms with Crippen LogP contribution in [-0.2, 0) is 17.7 Å². The van der Waals surface area contributed by atoms with Gasteiger partial charge in [0.15, 0.2) is 5.78 Å². The predicted molar refractivity (Wildman–Crippen MR) is 124 cm³/mol. The number of Topliss-reactive ketones (excluding diaryl/α,β-unsaturated/α-hetero) is 1. The van der Waals surface area contributed by atoms with Gasteiger partial charge in [-0.3, -0.25) is 4.79 Å². The summed E-state index contributed by atoms with van der Waals surface area (Å²) in [6.45, 7) is 5.02. The lowest BCUT2D eigenvalue weighted by Crippen LogP contribution is -2.22. The van der Waals surface area contributed by atoms with Crippen LogP contribution < -0.4 is 0 Å². The van der Waals surface area contributed by atoms with E-state index in [9.17, 15) is 9.59 Å². The molecule has 162 valence electrons. The number of hydrogen-bond acceptors (Lipinski definition) is 3. The van der Waals surface area contributed by atoms with Crippen LogP contribution in [0.5, 0.6) is 0 Å². The van der Waals surface area contributed by atoms with Gasteiger partial charge in [-0.2, -0.15) is 0 Å². The van der Waals surface area contributed by atoms with Crippen molar-refractivity contribution in [2.45, 2.75) is 58.9 Å². The Balaban J connectivity index is 1.87. The summed E-state index contributed by atoms with van der Waals surface area (Å²) in [7, 11) is 1.39. The van der Waals surface area contributed by atoms with Crippen LogP contribution in [0.15, 0.2) is 42.5 Å². The molecule has 31 heavy (non-hydrogen) atoms. The van der Waals surface area contributed by atoms with Crippen LogP contribution in [-0.4, -0.2) is 23.4 Å². The number of methoxy groups -OCH3 is 1. The number of carbonyl (C=O) groups is 2. The van der Waals surface area contributed by atoms with Crippen LogP contribution in [0.2, 0.25) is 0 Å². The van der Waals surface area contributed by atoms with Crippen molar-refractivity contribution in [1.29, 1.82) is 0 Å². The maximum atomic E-state index is 13.4. The highest BCUT2D eigenvalue weighted by atomic mass is 16.5. The molecule has 1 aliphatic carbocycles. The van der Waals surface area contributed by atoms with Gasteiger partial charge in [0.05, 0.1) is 18.2 Å². The molecule has 0 aliphatic heterocycles. The van der Waals surface area contributed by atoms with Crippen LogP contribution in [0.1, 0.15) is 76.6 Å². The normalized spacial score (nSPS) is 15.8. The van der Waals surface area contributed by atoms with Crippen LogP contribution in [0.25, 0.3) is 10.9 Å². The number of rotatable bonds is 7. The Morgan fingerprint density at radius 1 is 1.10 bits per heavy atom. The molecular formula is C27H31NO3. The molecule has 4 rings (SSSR count). The first-order valence-electron chi connectivity index (χ1n) is 11.3. The molecule has 3 aromatic rings. The zero-order chi connectivity index (χ0) is 22.0. The first-order chi connectivity index (χ1) is 15.0. The van der Waals surface area contributed by atoms with E-state index in [1.54, 1.807) is 6.07 Å². The molecule has 2 aromatic carbocycles. The van der Waals surface area contributed by atoms with E-state index in [4.69, 9.17) is 4.74 Å². The first kappa shape index (κ1) is 21.4. The molecule has 1 atom stereocenters. The summed E-state index contributed by atoms with van der Waals surface area (Å²) in [5, 5.41) is 0.759. The molecule has 0 radical (unpaired) electrons. The van der Waals surface area contributed by atoms with Crippen LogP contribution in [0, 0.1) is 12.8 Å². The second-order valence-electron chi connectivity index (χ2n) is 8.72. The number of carbonyl (C=O) groups excluding carboxylic acids is 2. The molecule has 0 saturated carbocycles. The summed E-state index contributed by atoms with van der Waals surface area (Å²) in [5.74, 6) is 0.139. The van der Waals surface area contributed by atoms with Gasteiger partial charge in [0, 0.05) is 29.6 Å². The van der Waals surface area contributed by atoms with Crippen molar-refractivity contribution in [3.63, 3.8) is 0 Å². The molecule has 4 nitrogen and oxygen atoms in total. The van der Waals surface area contributed by atoms with Gasteiger partial charge >= 0.3 is 5.97 Å². The Bertz CT molecular complexity index is 1120. The van der Waals surface area contributed by atoms with Crippen molar-refractivity contribution in [3.8, 4) is 0 Å². The summed E-state index contributed by atoms with van der Waals surface area (Å²) < 4.78 is 7.31. The average Bonchev–Trinajstić information content (AvgIpc) is 3.09. The quantitative estimate of drug-likeness (QED) is 0.344. The minimum Gasteiger partial charge on any atom is -0.465 e. The topological polar surface area (TPSA) is 48.3 Å². The molecule has 1 heterocycles. The van der Waals surface area contributed by atoms with Crippen molar-refractivity contribution < 1.29 is 14.3 Å². The number of nitrogens with zero attached hydrogens (tertiary/aromatic N) is 1. The lowest BCUT2D eigenvalue weighted by molar-refractivity contribution is 0.0603. The molecule has 0 bridgehead atoms. The van der Waals surface area contributed by atoms with Crippen LogP contribution >= 0.6 is 0 Å². The lowest BCUT2D eigenvalue weighted by atomic mass is 9.82. The van der Waals surface area contributed by atoms with Gasteiger partial charge in [0.2, 0.25) is 0 Å². The number of fused-ring (bicyclic) bond motifs is 3. The molecule has 4 heteroatoms. The van der Waals surface area contributed by atoms with E-state index in [0.717, 1.165) is 41.4 Å². The van der Waals surface area contributed by atoms with Crippen LogP contribution in [0.4, 0.5) is 0 Å². The van der Waals surface area contributed by atoms with E-state index in [1.807, 2.05) is 18.2 Å². The molecule has 0 fully saturated rings. The molecule has 1 aliphatic rings. The maximum Gasteiger partial charge on any atom is 0.338 e. The summed E-state index contributed by atoms with van der Waals surface area (Å²) in [4.78, 5) is 25.9. The van der Waals surface area contributed by atoms with Crippen LogP contribution in [0.3, 0.4) is 0 Å². The fraction of sp³-hybridized carbons (Fsp3) is 0.407. The second-order valence-corrected chi connectivity index (χ2v) is 8.72. The Kier molecular flexibility index (Phi) is 6.26. The lowest BCUT2D eigenvalue weighted by Gasteiger charge is -2.24. The molecule has 0 spiro atoms. The maximum absolute atomic E-state index is 13.4. The molecule has 1 aromatic heterocycles. The Labute approximate surface area is 184 Å². The molecular weight excluding hydrogens is 386 g/mol. The number of unbranched alkanes of at least 4 members (excludes halogenated alkanes) is 2. The third-order valence-electron chi connectivity index (χ3n) is 6.64. The highest BCUT2D eigenvalue weighted by molar-refractivity contribution is 6.16. The van der Waals surface area contributed by atoms with E-state index in [-0.39, 0.29) is 11.8 Å². The summed E-state index contributed by atoms with van der Waals surface area (Å²) in [6, 6.07) is 14.0. The zero-order valence-corrected chi connectivity index (χ0v) is 18.7. The van der Waals surface area contributed by atoms with Crippen molar-refractivity contribution in [2.24, 2.45) is 5.92 Å². The molecule has 0 saturated heterocycles. The number of esters is 1. The highest BCUT2D eigenvalue weighted by Crippen LogP contribution is 2.38. The SMILES string of the molecule is CCCCCC1CC(=O)c2c(n(Cc3ccccc3C)c3cccc(C(=O)OC)c23)C1. The van der Waals surface area contributed by atoms with Gasteiger partial charge in [-0.15, -0.1) is 0 Å². The fourth-order valence-corrected chi connectivity index (χ4v) is 4.98. The fourth-order valence-electron chi connectivity index (χ4n) is 4.98. The number of ketones is 1. The van der Waals surface area contributed by atoms with Gasteiger partial charge in [0.1, 0.15) is 0 Å². The van der Waals surface area contributed by atoms with Crippen molar-refractivity contribution in [2.75, 3.05) is 7.11 Å². The summed E-state index contributed by atoms with van der Waals surface area (Å²) >= 11 is 0. The number of benzene rings is 2. The van der Waals surface area contributed by atoms with Gasteiger partial charge < -0.3 is 9.30 Å². The highest BCUT2D eigenvalue weighted by Gasteiger charge is 2.33. The van der Waals surface area contributed by atoms with E-state index in [0.29, 0.717) is 24.4 Å². The number of aryl methyl sites for hydroxylation is 1. The minimum atomic E-state index is -0.390. The van der Waals surface area contributed by atoms with E-state index in [2.05, 4.69) is 36.6 Å². The molecule has 0 N–H and O–H groups in total. The van der Waals surface area contributed by atoms with E-state index >= 15 is 0 Å². The monoisotopic (exact) mass is 417 g/mol. The third-order valence-corrected chi connectivity index (χ3v) is 6.64. The van der Waals surface area contributed by atoms with Crippen molar-refractivity contribution in [1.82, 2.24) is 4.57 Å². The Morgan fingerprint density at radius 3 is 2.65 bits per heavy atom. The minimum absolute atomic E-state index is 0.160. The molecule has 0 amide bonds. The van der Waals surface area contributed by atoms with Gasteiger partial charge in [0.25, 0.3) is 0 Å². The number of hydrogen-bond donors (Lipinski definition) is 0. The van der Waals surface area contributed by atoms with E-state index < -0.39 is 0 Å². The molecule has 1 unspecified atom stereocenters. The predicted octanol–water partition coefficient (Wildman–Crippen LogP) is 6.11. The van der Waals surface area contributed by atoms with Gasteiger partial charge in [-0.1, -0.05) is 56.5 Å². The summed E-state index contributed by atoms with van der Waals surface area (Å²) in [6.07, 6.45) is 6.07. The third kappa shape index (κ3) is 4.04. The van der Waals surface area contributed by atoms with Gasteiger partial charge in [-0.05, 0) is 48.9 Å². The summed E-state index contributed by atoms with van der Waals surface area (Å²) in [5.41, 5.74) is 5.69. The number of aromatic nitrogens is 1. The Morgan fingerprint density at radius 2 is 1.90 bits per heavy atom. The first-order valence-corrected chi connectivity index (χ1v) is 11.3. The smallest absolute Gasteiger partial charge is 0.338 e. The zero-order valence-electron chi connectivity index (χ0n) is 18.7.